The number of rotatable bonds is 6. The zero-order chi connectivity index (χ0) is 18.6. The average molecular weight is 365 g/mol. The van der Waals surface area contributed by atoms with Crippen LogP contribution in [0.15, 0.2) is 65.5 Å². The van der Waals surface area contributed by atoms with E-state index in [2.05, 4.69) is 15.2 Å². The minimum atomic E-state index is -4.77. The summed E-state index contributed by atoms with van der Waals surface area (Å²) >= 11 is 0. The van der Waals surface area contributed by atoms with Crippen molar-refractivity contribution < 1.29 is 27.1 Å². The summed E-state index contributed by atoms with van der Waals surface area (Å²) in [5, 5.41) is 6.87. The molecule has 1 unspecified atom stereocenters. The fourth-order valence-electron chi connectivity index (χ4n) is 2.37. The number of carbonyl (C=O) groups is 1. The molecule has 0 radical (unpaired) electrons. The topological polar surface area (TPSA) is 69.3 Å². The number of carbonyl (C=O) groups excluding carboxylic acids is 1. The lowest BCUT2D eigenvalue weighted by atomic mass is 10.2. The number of aromatic nitrogens is 2. The highest BCUT2D eigenvalue weighted by Gasteiger charge is 2.31. The van der Waals surface area contributed by atoms with Crippen LogP contribution in [0.2, 0.25) is 0 Å². The van der Waals surface area contributed by atoms with E-state index in [-0.39, 0.29) is 23.9 Å². The summed E-state index contributed by atoms with van der Waals surface area (Å²) in [6.45, 7) is 0.189. The van der Waals surface area contributed by atoms with Gasteiger partial charge in [0.25, 0.3) is 5.91 Å². The van der Waals surface area contributed by atoms with E-state index in [1.165, 1.54) is 18.4 Å². The van der Waals surface area contributed by atoms with Gasteiger partial charge in [0.2, 0.25) is 0 Å². The summed E-state index contributed by atoms with van der Waals surface area (Å²) in [4.78, 5) is 12.3. The van der Waals surface area contributed by atoms with Crippen LogP contribution < -0.4 is 10.1 Å². The third-order valence-corrected chi connectivity index (χ3v) is 3.52. The SMILES string of the molecule is O=C(NCC(c1ccco1)n1cccn1)c1ccc(OC(F)(F)F)cc1. The van der Waals surface area contributed by atoms with Gasteiger partial charge in [-0.3, -0.25) is 9.48 Å². The number of hydrogen-bond acceptors (Lipinski definition) is 4. The maximum absolute atomic E-state index is 12.3. The molecule has 1 N–H and O–H groups in total. The van der Waals surface area contributed by atoms with E-state index in [1.54, 1.807) is 35.3 Å². The highest BCUT2D eigenvalue weighted by molar-refractivity contribution is 5.94. The highest BCUT2D eigenvalue weighted by Crippen LogP contribution is 2.23. The van der Waals surface area contributed by atoms with Crippen LogP contribution in [0, 0.1) is 0 Å². The molecular weight excluding hydrogens is 351 g/mol. The summed E-state index contributed by atoms with van der Waals surface area (Å²) in [6, 6.07) is 9.57. The number of nitrogens with one attached hydrogen (secondary N) is 1. The van der Waals surface area contributed by atoms with Gasteiger partial charge in [0, 0.05) is 24.5 Å². The minimum absolute atomic E-state index is 0.189. The van der Waals surface area contributed by atoms with Crippen LogP contribution >= 0.6 is 0 Å². The van der Waals surface area contributed by atoms with Crippen molar-refractivity contribution in [3.05, 3.63) is 72.4 Å². The number of furan rings is 1. The second-order valence-corrected chi connectivity index (χ2v) is 5.30. The van der Waals surface area contributed by atoms with Crippen molar-refractivity contribution in [2.75, 3.05) is 6.54 Å². The van der Waals surface area contributed by atoms with Gasteiger partial charge < -0.3 is 14.5 Å². The van der Waals surface area contributed by atoms with E-state index < -0.39 is 12.3 Å². The Morgan fingerprint density at radius 1 is 1.23 bits per heavy atom. The second-order valence-electron chi connectivity index (χ2n) is 5.30. The zero-order valence-electron chi connectivity index (χ0n) is 13.3. The van der Waals surface area contributed by atoms with Gasteiger partial charge in [-0.2, -0.15) is 5.10 Å². The number of ether oxygens (including phenoxy) is 1. The lowest BCUT2D eigenvalue weighted by Crippen LogP contribution is -2.31. The predicted octanol–water partition coefficient (Wildman–Crippen LogP) is 3.39. The van der Waals surface area contributed by atoms with Crippen molar-refractivity contribution in [3.8, 4) is 5.75 Å². The third-order valence-electron chi connectivity index (χ3n) is 3.52. The Morgan fingerprint density at radius 2 is 2.00 bits per heavy atom. The van der Waals surface area contributed by atoms with Crippen molar-refractivity contribution in [1.82, 2.24) is 15.1 Å². The smallest absolute Gasteiger partial charge is 0.467 e. The Bertz CT molecular complexity index is 794. The standard InChI is InChI=1S/C17H14F3N3O3/c18-17(19,20)26-13-6-4-12(5-7-13)16(24)21-11-14(15-3-1-10-25-15)23-9-2-8-22-23/h1-10,14H,11H2,(H,21,24). The van der Waals surface area contributed by atoms with Gasteiger partial charge in [0.15, 0.2) is 0 Å². The molecule has 26 heavy (non-hydrogen) atoms. The predicted molar refractivity (Wildman–Crippen MR) is 84.5 cm³/mol. The molecule has 0 aliphatic rings. The largest absolute Gasteiger partial charge is 0.573 e. The first-order valence-corrected chi connectivity index (χ1v) is 7.59. The van der Waals surface area contributed by atoms with E-state index in [1.807, 2.05) is 0 Å². The molecule has 136 valence electrons. The molecule has 0 fully saturated rings. The quantitative estimate of drug-likeness (QED) is 0.727. The summed E-state index contributed by atoms with van der Waals surface area (Å²) < 4.78 is 47.3. The van der Waals surface area contributed by atoms with Gasteiger partial charge in [-0.25, -0.2) is 0 Å². The van der Waals surface area contributed by atoms with Crippen LogP contribution in [0.4, 0.5) is 13.2 Å². The van der Waals surface area contributed by atoms with E-state index >= 15 is 0 Å². The molecule has 0 saturated carbocycles. The first-order valence-electron chi connectivity index (χ1n) is 7.59. The van der Waals surface area contributed by atoms with Crippen LogP contribution in [0.5, 0.6) is 5.75 Å². The minimum Gasteiger partial charge on any atom is -0.467 e. The Kier molecular flexibility index (Phi) is 4.97. The molecule has 6 nitrogen and oxygen atoms in total. The Labute approximate surface area is 146 Å². The number of amides is 1. The summed E-state index contributed by atoms with van der Waals surface area (Å²) in [5.41, 5.74) is 0.207. The van der Waals surface area contributed by atoms with Crippen LogP contribution in [0.1, 0.15) is 22.2 Å². The first kappa shape index (κ1) is 17.6. The number of halogens is 3. The fraction of sp³-hybridized carbons (Fsp3) is 0.176. The Balaban J connectivity index is 1.65. The molecule has 0 spiro atoms. The monoisotopic (exact) mass is 365 g/mol. The summed E-state index contributed by atoms with van der Waals surface area (Å²) in [7, 11) is 0. The van der Waals surface area contributed by atoms with E-state index in [9.17, 15) is 18.0 Å². The van der Waals surface area contributed by atoms with E-state index in [0.717, 1.165) is 12.1 Å². The maximum Gasteiger partial charge on any atom is 0.573 e. The number of benzene rings is 1. The van der Waals surface area contributed by atoms with Gasteiger partial charge in [0.05, 0.1) is 6.26 Å². The maximum atomic E-state index is 12.3. The molecule has 0 bridgehead atoms. The first-order chi connectivity index (χ1) is 12.4. The van der Waals surface area contributed by atoms with Gasteiger partial charge in [-0.15, -0.1) is 13.2 Å². The normalized spacial score (nSPS) is 12.6. The molecule has 3 aromatic rings. The van der Waals surface area contributed by atoms with Gasteiger partial charge >= 0.3 is 6.36 Å². The van der Waals surface area contributed by atoms with Gasteiger partial charge in [-0.1, -0.05) is 0 Å². The van der Waals surface area contributed by atoms with Crippen LogP contribution in [-0.4, -0.2) is 28.6 Å². The lowest BCUT2D eigenvalue weighted by molar-refractivity contribution is -0.274. The summed E-state index contributed by atoms with van der Waals surface area (Å²) in [5.74, 6) is -0.214. The van der Waals surface area contributed by atoms with Crippen molar-refractivity contribution in [1.29, 1.82) is 0 Å². The molecule has 3 rings (SSSR count). The average Bonchev–Trinajstić information content (AvgIpc) is 3.28. The molecule has 1 atom stereocenters. The summed E-state index contributed by atoms with van der Waals surface area (Å²) in [6.07, 6.45) is 0.0938. The molecule has 2 heterocycles. The molecule has 9 heteroatoms. The van der Waals surface area contributed by atoms with Crippen LogP contribution in [0.3, 0.4) is 0 Å². The Hall–Kier alpha value is -3.23. The second kappa shape index (κ2) is 7.34. The van der Waals surface area contributed by atoms with Crippen LogP contribution in [-0.2, 0) is 0 Å². The van der Waals surface area contributed by atoms with Crippen molar-refractivity contribution in [2.45, 2.75) is 12.4 Å². The highest BCUT2D eigenvalue weighted by atomic mass is 19.4. The van der Waals surface area contributed by atoms with E-state index in [0.29, 0.717) is 5.76 Å². The van der Waals surface area contributed by atoms with Crippen LogP contribution in [0.25, 0.3) is 0 Å². The zero-order valence-corrected chi connectivity index (χ0v) is 13.3. The fourth-order valence-corrected chi connectivity index (χ4v) is 2.37. The number of nitrogens with zero attached hydrogens (tertiary/aromatic N) is 2. The molecule has 1 amide bonds. The molecule has 1 aromatic carbocycles. The molecule has 0 aliphatic heterocycles. The number of alkyl halides is 3. The molecule has 0 aliphatic carbocycles. The lowest BCUT2D eigenvalue weighted by Gasteiger charge is -2.16. The molecule has 2 aromatic heterocycles. The molecule has 0 saturated heterocycles. The van der Waals surface area contributed by atoms with Gasteiger partial charge in [-0.05, 0) is 42.5 Å². The van der Waals surface area contributed by atoms with Gasteiger partial charge in [0.1, 0.15) is 17.6 Å². The van der Waals surface area contributed by atoms with Crippen molar-refractivity contribution >= 4 is 5.91 Å². The van der Waals surface area contributed by atoms with Crippen molar-refractivity contribution in [2.24, 2.45) is 0 Å². The van der Waals surface area contributed by atoms with Crippen molar-refractivity contribution in [3.63, 3.8) is 0 Å². The molecular formula is C17H14F3N3O3. The van der Waals surface area contributed by atoms with E-state index in [4.69, 9.17) is 4.42 Å². The Morgan fingerprint density at radius 3 is 2.58 bits per heavy atom. The number of hydrogen-bond donors (Lipinski definition) is 1. The third kappa shape index (κ3) is 4.44.